The second-order valence-corrected chi connectivity index (χ2v) is 4.73. The maximum Gasteiger partial charge on any atom is 0.258 e. The van der Waals surface area contributed by atoms with Gasteiger partial charge in [0.25, 0.3) is 5.91 Å². The van der Waals surface area contributed by atoms with Gasteiger partial charge >= 0.3 is 0 Å². The molecule has 1 rings (SSSR count). The van der Waals surface area contributed by atoms with Crippen LogP contribution in [0.1, 0.15) is 45.2 Å². The minimum Gasteiger partial charge on any atom is -0.484 e. The van der Waals surface area contributed by atoms with Crippen LogP contribution in [0.25, 0.3) is 0 Å². The van der Waals surface area contributed by atoms with E-state index < -0.39 is 0 Å². The van der Waals surface area contributed by atoms with Crippen LogP contribution in [0.3, 0.4) is 0 Å². The predicted octanol–water partition coefficient (Wildman–Crippen LogP) is 2.39. The zero-order valence-corrected chi connectivity index (χ0v) is 12.0. The number of benzene rings is 1. The lowest BCUT2D eigenvalue weighted by Gasteiger charge is -2.15. The summed E-state index contributed by atoms with van der Waals surface area (Å²) in [5.41, 5.74) is 6.82. The fraction of sp³-hybridized carbons (Fsp3) is 0.533. The van der Waals surface area contributed by atoms with E-state index in [0.29, 0.717) is 5.75 Å². The van der Waals surface area contributed by atoms with E-state index in [1.54, 1.807) is 0 Å². The predicted molar refractivity (Wildman–Crippen MR) is 77.1 cm³/mol. The van der Waals surface area contributed by atoms with Crippen molar-refractivity contribution in [2.75, 3.05) is 6.61 Å². The molecule has 4 heteroatoms. The highest BCUT2D eigenvalue weighted by atomic mass is 16.5. The lowest BCUT2D eigenvalue weighted by Crippen LogP contribution is -2.37. The Morgan fingerprint density at radius 1 is 1.26 bits per heavy atom. The summed E-state index contributed by atoms with van der Waals surface area (Å²) in [7, 11) is 0. The number of nitrogens with two attached hydrogens (primary N) is 1. The van der Waals surface area contributed by atoms with Crippen LogP contribution in [0.2, 0.25) is 0 Å². The second kappa shape index (κ2) is 7.79. The number of hydrogen-bond acceptors (Lipinski definition) is 3. The summed E-state index contributed by atoms with van der Waals surface area (Å²) in [4.78, 5) is 11.7. The van der Waals surface area contributed by atoms with Gasteiger partial charge in [0.05, 0.1) is 0 Å². The average molecular weight is 264 g/mol. The summed E-state index contributed by atoms with van der Waals surface area (Å²) in [6, 6.07) is 7.74. The van der Waals surface area contributed by atoms with Crippen molar-refractivity contribution in [1.29, 1.82) is 0 Å². The van der Waals surface area contributed by atoms with Crippen LogP contribution < -0.4 is 15.8 Å². The maximum atomic E-state index is 11.7. The van der Waals surface area contributed by atoms with E-state index in [2.05, 4.69) is 19.2 Å². The van der Waals surface area contributed by atoms with Crippen molar-refractivity contribution in [2.45, 2.75) is 45.7 Å². The number of nitrogens with one attached hydrogen (secondary N) is 1. The van der Waals surface area contributed by atoms with Crippen molar-refractivity contribution in [3.05, 3.63) is 29.8 Å². The molecule has 0 bridgehead atoms. The van der Waals surface area contributed by atoms with E-state index in [9.17, 15) is 4.79 Å². The molecular weight excluding hydrogens is 240 g/mol. The zero-order valence-electron chi connectivity index (χ0n) is 12.0. The number of carbonyl (C=O) groups excluding carboxylic acids is 1. The SMILES string of the molecule is CCC(CC)NC(=O)COc1ccc([C@H](C)N)cc1. The first-order chi connectivity index (χ1) is 9.06. The average Bonchev–Trinajstić information content (AvgIpc) is 2.43. The minimum atomic E-state index is -0.0787. The Morgan fingerprint density at radius 2 is 1.84 bits per heavy atom. The Bertz CT molecular complexity index is 384. The summed E-state index contributed by atoms with van der Waals surface area (Å²) in [5, 5.41) is 2.93. The van der Waals surface area contributed by atoms with Gasteiger partial charge in [-0.3, -0.25) is 4.79 Å². The monoisotopic (exact) mass is 264 g/mol. The summed E-state index contributed by atoms with van der Waals surface area (Å²) in [6.45, 7) is 6.09. The highest BCUT2D eigenvalue weighted by Crippen LogP contribution is 2.15. The standard InChI is InChI=1S/C15H24N2O2/c1-4-13(5-2)17-15(18)10-19-14-8-6-12(7-9-14)11(3)16/h6-9,11,13H,4-5,10,16H2,1-3H3,(H,17,18)/t11-/m0/s1. The van der Waals surface area contributed by atoms with Gasteiger partial charge in [-0.25, -0.2) is 0 Å². The summed E-state index contributed by atoms with van der Waals surface area (Å²) in [6.07, 6.45) is 1.87. The third kappa shape index (κ3) is 5.30. The van der Waals surface area contributed by atoms with Gasteiger partial charge in [-0.15, -0.1) is 0 Å². The molecule has 0 fully saturated rings. The Morgan fingerprint density at radius 3 is 2.32 bits per heavy atom. The molecule has 0 aliphatic rings. The molecule has 1 atom stereocenters. The molecule has 3 N–H and O–H groups in total. The Hall–Kier alpha value is -1.55. The van der Waals surface area contributed by atoms with Crippen molar-refractivity contribution in [3.8, 4) is 5.75 Å². The van der Waals surface area contributed by atoms with E-state index in [-0.39, 0.29) is 24.6 Å². The maximum absolute atomic E-state index is 11.7. The van der Waals surface area contributed by atoms with Gasteiger partial charge < -0.3 is 15.8 Å². The van der Waals surface area contributed by atoms with E-state index >= 15 is 0 Å². The second-order valence-electron chi connectivity index (χ2n) is 4.73. The molecule has 0 aromatic heterocycles. The molecule has 0 spiro atoms. The van der Waals surface area contributed by atoms with Crippen LogP contribution in [-0.4, -0.2) is 18.6 Å². The molecule has 1 aromatic rings. The highest BCUT2D eigenvalue weighted by molar-refractivity contribution is 5.77. The Balaban J connectivity index is 2.41. The number of hydrogen-bond donors (Lipinski definition) is 2. The van der Waals surface area contributed by atoms with Gasteiger partial charge in [0, 0.05) is 12.1 Å². The molecule has 0 heterocycles. The van der Waals surface area contributed by atoms with E-state index in [4.69, 9.17) is 10.5 Å². The molecule has 0 unspecified atom stereocenters. The van der Waals surface area contributed by atoms with Crippen molar-refractivity contribution >= 4 is 5.91 Å². The minimum absolute atomic E-state index is 0.00668. The first-order valence-electron chi connectivity index (χ1n) is 6.84. The summed E-state index contributed by atoms with van der Waals surface area (Å²) >= 11 is 0. The van der Waals surface area contributed by atoms with Crippen molar-refractivity contribution in [2.24, 2.45) is 5.73 Å². The number of carbonyl (C=O) groups is 1. The number of amides is 1. The molecule has 0 saturated heterocycles. The van der Waals surface area contributed by atoms with E-state index in [1.165, 1.54) is 0 Å². The zero-order chi connectivity index (χ0) is 14.3. The van der Waals surface area contributed by atoms with Gasteiger partial charge in [-0.05, 0) is 37.5 Å². The van der Waals surface area contributed by atoms with E-state index in [0.717, 1.165) is 18.4 Å². The van der Waals surface area contributed by atoms with Crippen LogP contribution in [0.5, 0.6) is 5.75 Å². The molecule has 4 nitrogen and oxygen atoms in total. The lowest BCUT2D eigenvalue weighted by molar-refractivity contribution is -0.123. The van der Waals surface area contributed by atoms with Crippen molar-refractivity contribution in [3.63, 3.8) is 0 Å². The Labute approximate surface area is 115 Å². The molecule has 1 amide bonds. The first-order valence-corrected chi connectivity index (χ1v) is 6.84. The topological polar surface area (TPSA) is 64.3 Å². The smallest absolute Gasteiger partial charge is 0.258 e. The van der Waals surface area contributed by atoms with Crippen LogP contribution in [0.15, 0.2) is 24.3 Å². The molecule has 0 aliphatic carbocycles. The van der Waals surface area contributed by atoms with Gasteiger partial charge in [-0.2, -0.15) is 0 Å². The van der Waals surface area contributed by atoms with Gasteiger partial charge in [0.15, 0.2) is 6.61 Å². The largest absolute Gasteiger partial charge is 0.484 e. The van der Waals surface area contributed by atoms with Crippen molar-refractivity contribution in [1.82, 2.24) is 5.32 Å². The van der Waals surface area contributed by atoms with E-state index in [1.807, 2.05) is 31.2 Å². The van der Waals surface area contributed by atoms with Gasteiger partial charge in [0.1, 0.15) is 5.75 Å². The first kappa shape index (κ1) is 15.5. The van der Waals surface area contributed by atoms with Crippen LogP contribution >= 0.6 is 0 Å². The summed E-state index contributed by atoms with van der Waals surface area (Å²) < 4.78 is 5.44. The molecule has 19 heavy (non-hydrogen) atoms. The molecule has 106 valence electrons. The summed E-state index contributed by atoms with van der Waals surface area (Å²) in [5.74, 6) is 0.606. The fourth-order valence-corrected chi connectivity index (χ4v) is 1.78. The lowest BCUT2D eigenvalue weighted by atomic mass is 10.1. The third-order valence-corrected chi connectivity index (χ3v) is 3.13. The molecule has 0 radical (unpaired) electrons. The van der Waals surface area contributed by atoms with Crippen LogP contribution in [0, 0.1) is 0 Å². The number of rotatable bonds is 7. The van der Waals surface area contributed by atoms with Gasteiger partial charge in [0.2, 0.25) is 0 Å². The van der Waals surface area contributed by atoms with Crippen LogP contribution in [-0.2, 0) is 4.79 Å². The third-order valence-electron chi connectivity index (χ3n) is 3.13. The molecule has 0 saturated carbocycles. The van der Waals surface area contributed by atoms with Crippen molar-refractivity contribution < 1.29 is 9.53 Å². The van der Waals surface area contributed by atoms with Crippen LogP contribution in [0.4, 0.5) is 0 Å². The molecular formula is C15H24N2O2. The number of ether oxygens (including phenoxy) is 1. The van der Waals surface area contributed by atoms with Gasteiger partial charge in [-0.1, -0.05) is 26.0 Å². The quantitative estimate of drug-likeness (QED) is 0.794. The normalized spacial score (nSPS) is 12.3. The highest BCUT2D eigenvalue weighted by Gasteiger charge is 2.08. The fourth-order valence-electron chi connectivity index (χ4n) is 1.78. The molecule has 1 aromatic carbocycles. The Kier molecular flexibility index (Phi) is 6.36. The molecule has 0 aliphatic heterocycles.